The maximum atomic E-state index is 12.1. The minimum atomic E-state index is -0.0444. The first kappa shape index (κ1) is 14.5. The standard InChI is InChI=1S/C17H19N3O2/c1-2-3-4-16(21)15-9-11(5-7-18-15)14-10-12-13(20-14)6-8-19-17(12)22/h5,7,9-10,20H,2-4,6,8H2,1H3,(H,19,22). The Morgan fingerprint density at radius 2 is 2.23 bits per heavy atom. The highest BCUT2D eigenvalue weighted by Crippen LogP contribution is 2.24. The lowest BCUT2D eigenvalue weighted by Crippen LogP contribution is -2.31. The van der Waals surface area contributed by atoms with E-state index in [1.807, 2.05) is 12.1 Å². The SMILES string of the molecule is CCCCC(=O)c1cc(-c2cc3c([nH]2)CCNC3=O)ccn1. The van der Waals surface area contributed by atoms with Crippen LogP contribution >= 0.6 is 0 Å². The Labute approximate surface area is 129 Å². The highest BCUT2D eigenvalue weighted by Gasteiger charge is 2.20. The number of aromatic amines is 1. The second-order valence-electron chi connectivity index (χ2n) is 5.54. The van der Waals surface area contributed by atoms with Gasteiger partial charge < -0.3 is 10.3 Å². The molecule has 0 bridgehead atoms. The smallest absolute Gasteiger partial charge is 0.253 e. The largest absolute Gasteiger partial charge is 0.358 e. The number of ketones is 1. The summed E-state index contributed by atoms with van der Waals surface area (Å²) in [5.41, 5.74) is 3.88. The van der Waals surface area contributed by atoms with E-state index in [0.717, 1.165) is 36.2 Å². The number of unbranched alkanes of at least 4 members (excludes halogenated alkanes) is 1. The quantitative estimate of drug-likeness (QED) is 0.833. The lowest BCUT2D eigenvalue weighted by atomic mass is 10.1. The van der Waals surface area contributed by atoms with E-state index < -0.39 is 0 Å². The van der Waals surface area contributed by atoms with Crippen molar-refractivity contribution in [2.24, 2.45) is 0 Å². The molecule has 1 amide bonds. The third-order valence-corrected chi connectivity index (χ3v) is 3.92. The van der Waals surface area contributed by atoms with Gasteiger partial charge in [0.2, 0.25) is 0 Å². The van der Waals surface area contributed by atoms with E-state index in [1.165, 1.54) is 0 Å². The monoisotopic (exact) mass is 297 g/mol. The Kier molecular flexibility index (Phi) is 4.04. The summed E-state index contributed by atoms with van der Waals surface area (Å²) >= 11 is 0. The molecule has 0 aromatic carbocycles. The molecule has 0 aliphatic carbocycles. The molecule has 3 heterocycles. The van der Waals surface area contributed by atoms with Crippen LogP contribution in [0.2, 0.25) is 0 Å². The number of carbonyl (C=O) groups is 2. The van der Waals surface area contributed by atoms with Gasteiger partial charge in [0.05, 0.1) is 5.56 Å². The predicted octanol–water partition coefficient (Wildman–Crippen LogP) is 2.74. The Morgan fingerprint density at radius 1 is 1.36 bits per heavy atom. The molecule has 0 saturated heterocycles. The van der Waals surface area contributed by atoms with Crippen molar-refractivity contribution in [1.82, 2.24) is 15.3 Å². The molecule has 5 nitrogen and oxygen atoms in total. The second-order valence-corrected chi connectivity index (χ2v) is 5.54. The molecule has 2 aromatic heterocycles. The van der Waals surface area contributed by atoms with Crippen LogP contribution in [0.25, 0.3) is 11.3 Å². The molecule has 22 heavy (non-hydrogen) atoms. The number of hydrogen-bond acceptors (Lipinski definition) is 3. The molecule has 2 aromatic rings. The van der Waals surface area contributed by atoms with Gasteiger partial charge in [-0.05, 0) is 24.6 Å². The van der Waals surface area contributed by atoms with E-state index in [9.17, 15) is 9.59 Å². The number of aromatic nitrogens is 2. The van der Waals surface area contributed by atoms with Crippen LogP contribution in [0.5, 0.6) is 0 Å². The number of hydrogen-bond donors (Lipinski definition) is 2. The van der Waals surface area contributed by atoms with Crippen molar-refractivity contribution in [3.05, 3.63) is 41.3 Å². The first-order chi connectivity index (χ1) is 10.7. The number of fused-ring (bicyclic) bond motifs is 1. The van der Waals surface area contributed by atoms with Gasteiger partial charge in [0, 0.05) is 42.5 Å². The van der Waals surface area contributed by atoms with E-state index in [4.69, 9.17) is 0 Å². The zero-order valence-corrected chi connectivity index (χ0v) is 12.6. The topological polar surface area (TPSA) is 74.8 Å². The predicted molar refractivity (Wildman–Crippen MR) is 83.9 cm³/mol. The summed E-state index contributed by atoms with van der Waals surface area (Å²) in [6.45, 7) is 2.72. The molecule has 0 atom stereocenters. The molecule has 3 rings (SSSR count). The normalized spacial score (nSPS) is 13.6. The summed E-state index contributed by atoms with van der Waals surface area (Å²) in [5.74, 6) is 0.0230. The summed E-state index contributed by atoms with van der Waals surface area (Å²) in [4.78, 5) is 31.4. The van der Waals surface area contributed by atoms with Crippen molar-refractivity contribution < 1.29 is 9.59 Å². The lowest BCUT2D eigenvalue weighted by molar-refractivity contribution is 0.0944. The first-order valence-corrected chi connectivity index (χ1v) is 7.68. The molecule has 5 heteroatoms. The van der Waals surface area contributed by atoms with Crippen LogP contribution in [0.3, 0.4) is 0 Å². The maximum absolute atomic E-state index is 12.1. The Hall–Kier alpha value is -2.43. The van der Waals surface area contributed by atoms with E-state index in [1.54, 1.807) is 12.3 Å². The van der Waals surface area contributed by atoms with Gasteiger partial charge in [0.25, 0.3) is 5.91 Å². The maximum Gasteiger partial charge on any atom is 0.253 e. The molecule has 0 unspecified atom stereocenters. The van der Waals surface area contributed by atoms with Gasteiger partial charge in [-0.15, -0.1) is 0 Å². The van der Waals surface area contributed by atoms with Gasteiger partial charge in [-0.1, -0.05) is 13.3 Å². The third-order valence-electron chi connectivity index (χ3n) is 3.92. The average molecular weight is 297 g/mol. The highest BCUT2D eigenvalue weighted by atomic mass is 16.1. The molecular formula is C17H19N3O2. The second kappa shape index (κ2) is 6.13. The lowest BCUT2D eigenvalue weighted by Gasteiger charge is -2.10. The molecule has 1 aliphatic heterocycles. The van der Waals surface area contributed by atoms with Crippen LogP contribution in [-0.4, -0.2) is 28.2 Å². The number of pyridine rings is 1. The van der Waals surface area contributed by atoms with Gasteiger partial charge in [-0.2, -0.15) is 0 Å². The molecule has 0 saturated carbocycles. The van der Waals surface area contributed by atoms with Gasteiger partial charge in [0.1, 0.15) is 5.69 Å². The molecule has 0 spiro atoms. The van der Waals surface area contributed by atoms with Crippen LogP contribution in [0.1, 0.15) is 52.7 Å². The Bertz CT molecular complexity index is 718. The third kappa shape index (κ3) is 2.79. The molecular weight excluding hydrogens is 278 g/mol. The van der Waals surface area contributed by atoms with Crippen molar-refractivity contribution >= 4 is 11.7 Å². The van der Waals surface area contributed by atoms with Crippen molar-refractivity contribution in [2.75, 3.05) is 6.54 Å². The van der Waals surface area contributed by atoms with Crippen LogP contribution in [0, 0.1) is 0 Å². The summed E-state index contributed by atoms with van der Waals surface area (Å²) in [7, 11) is 0. The Balaban J connectivity index is 1.89. The number of amides is 1. The van der Waals surface area contributed by atoms with Crippen LogP contribution in [0.15, 0.2) is 24.4 Å². The first-order valence-electron chi connectivity index (χ1n) is 7.68. The van der Waals surface area contributed by atoms with Gasteiger partial charge >= 0.3 is 0 Å². The van der Waals surface area contributed by atoms with E-state index in [2.05, 4.69) is 22.2 Å². The summed E-state index contributed by atoms with van der Waals surface area (Å²) in [5, 5.41) is 2.83. The molecule has 2 N–H and O–H groups in total. The van der Waals surface area contributed by atoms with Crippen molar-refractivity contribution in [3.8, 4) is 11.3 Å². The van der Waals surface area contributed by atoms with E-state index in [-0.39, 0.29) is 11.7 Å². The van der Waals surface area contributed by atoms with Crippen molar-refractivity contribution in [1.29, 1.82) is 0 Å². The molecule has 0 radical (unpaired) electrons. The highest BCUT2D eigenvalue weighted by molar-refractivity contribution is 5.98. The zero-order valence-electron chi connectivity index (χ0n) is 12.6. The molecule has 1 aliphatic rings. The van der Waals surface area contributed by atoms with E-state index >= 15 is 0 Å². The number of H-pyrrole nitrogens is 1. The number of carbonyl (C=O) groups excluding carboxylic acids is 2. The molecule has 114 valence electrons. The van der Waals surface area contributed by atoms with Crippen molar-refractivity contribution in [2.45, 2.75) is 32.6 Å². The summed E-state index contributed by atoms with van der Waals surface area (Å²) in [6, 6.07) is 5.50. The minimum absolute atomic E-state index is 0.0444. The number of nitrogens with zero attached hydrogens (tertiary/aromatic N) is 1. The zero-order chi connectivity index (χ0) is 15.5. The fraction of sp³-hybridized carbons (Fsp3) is 0.353. The van der Waals surface area contributed by atoms with E-state index in [0.29, 0.717) is 24.2 Å². The summed E-state index contributed by atoms with van der Waals surface area (Å²) in [6.07, 6.45) is 4.84. The van der Waals surface area contributed by atoms with Gasteiger partial charge in [-0.3, -0.25) is 14.6 Å². The van der Waals surface area contributed by atoms with Gasteiger partial charge in [-0.25, -0.2) is 0 Å². The number of rotatable bonds is 5. The summed E-state index contributed by atoms with van der Waals surface area (Å²) < 4.78 is 0. The van der Waals surface area contributed by atoms with Crippen LogP contribution in [-0.2, 0) is 6.42 Å². The van der Waals surface area contributed by atoms with Crippen LogP contribution < -0.4 is 5.32 Å². The van der Waals surface area contributed by atoms with Gasteiger partial charge in [0.15, 0.2) is 5.78 Å². The number of nitrogens with one attached hydrogen (secondary N) is 2. The molecule has 0 fully saturated rings. The average Bonchev–Trinajstić information content (AvgIpc) is 2.98. The minimum Gasteiger partial charge on any atom is -0.358 e. The fourth-order valence-electron chi connectivity index (χ4n) is 2.66. The van der Waals surface area contributed by atoms with Crippen LogP contribution in [0.4, 0.5) is 0 Å². The number of Topliss-reactive ketones (excluding diaryl/α,β-unsaturated/α-hetero) is 1. The fourth-order valence-corrected chi connectivity index (χ4v) is 2.66. The van der Waals surface area contributed by atoms with Crippen molar-refractivity contribution in [3.63, 3.8) is 0 Å². The Morgan fingerprint density at radius 3 is 3.00 bits per heavy atom.